The van der Waals surface area contributed by atoms with Crippen LogP contribution in [-0.2, 0) is 14.3 Å². The Hall–Kier alpha value is -2.81. The molecule has 36 heavy (non-hydrogen) atoms. The lowest BCUT2D eigenvalue weighted by molar-refractivity contribution is -0.161. The van der Waals surface area contributed by atoms with Gasteiger partial charge in [0, 0.05) is 28.0 Å². The molecule has 5 nitrogen and oxygen atoms in total. The SMILES string of the molecule is CCC(C=CC#N)N1C(=O)[C@@H](CC(=O)OC(C)(C)C)C[C@H](c2cccc(Cl)c2)[C@H]1c1ccc(Cl)cc1. The van der Waals surface area contributed by atoms with Gasteiger partial charge < -0.3 is 9.64 Å². The van der Waals surface area contributed by atoms with Crippen LogP contribution in [0.4, 0.5) is 0 Å². The minimum atomic E-state index is -0.645. The second kappa shape index (κ2) is 12.0. The number of nitrogens with zero attached hydrogens (tertiary/aromatic N) is 2. The summed E-state index contributed by atoms with van der Waals surface area (Å²) in [6, 6.07) is 16.5. The van der Waals surface area contributed by atoms with Crippen LogP contribution in [0.5, 0.6) is 0 Å². The van der Waals surface area contributed by atoms with Crippen molar-refractivity contribution < 1.29 is 14.3 Å². The first-order valence-corrected chi connectivity index (χ1v) is 12.9. The van der Waals surface area contributed by atoms with Gasteiger partial charge in [-0.15, -0.1) is 0 Å². The van der Waals surface area contributed by atoms with E-state index >= 15 is 0 Å². The zero-order valence-corrected chi connectivity index (χ0v) is 22.6. The van der Waals surface area contributed by atoms with E-state index in [-0.39, 0.29) is 30.3 Å². The molecule has 3 rings (SSSR count). The normalized spacial score (nSPS) is 21.3. The highest BCUT2D eigenvalue weighted by Gasteiger charge is 2.46. The monoisotopic (exact) mass is 526 g/mol. The minimum Gasteiger partial charge on any atom is -0.460 e. The van der Waals surface area contributed by atoms with E-state index in [0.29, 0.717) is 22.9 Å². The average molecular weight is 527 g/mol. The molecule has 7 heteroatoms. The van der Waals surface area contributed by atoms with Crippen molar-refractivity contribution in [3.63, 3.8) is 0 Å². The Morgan fingerprint density at radius 3 is 2.44 bits per heavy atom. The first-order chi connectivity index (χ1) is 17.0. The van der Waals surface area contributed by atoms with Gasteiger partial charge in [0.1, 0.15) is 5.60 Å². The second-order valence-electron chi connectivity index (χ2n) is 10.1. The maximum atomic E-state index is 14.0. The van der Waals surface area contributed by atoms with Gasteiger partial charge >= 0.3 is 5.97 Å². The molecule has 4 atom stereocenters. The van der Waals surface area contributed by atoms with E-state index in [2.05, 4.69) is 0 Å². The molecular weight excluding hydrogens is 495 g/mol. The number of benzene rings is 2. The van der Waals surface area contributed by atoms with E-state index in [1.165, 1.54) is 6.08 Å². The topological polar surface area (TPSA) is 70.4 Å². The third-order valence-corrected chi connectivity index (χ3v) is 6.80. The van der Waals surface area contributed by atoms with E-state index in [0.717, 1.165) is 11.1 Å². The molecule has 0 bridgehead atoms. The molecule has 0 spiro atoms. The zero-order valence-electron chi connectivity index (χ0n) is 21.1. The van der Waals surface area contributed by atoms with Gasteiger partial charge in [-0.2, -0.15) is 5.26 Å². The Morgan fingerprint density at radius 2 is 1.86 bits per heavy atom. The van der Waals surface area contributed by atoms with Crippen molar-refractivity contribution in [3.05, 3.63) is 81.9 Å². The Kier molecular flexibility index (Phi) is 9.22. The van der Waals surface area contributed by atoms with Crippen molar-refractivity contribution in [1.29, 1.82) is 5.26 Å². The number of nitriles is 1. The van der Waals surface area contributed by atoms with Crippen LogP contribution in [0.15, 0.2) is 60.7 Å². The number of carbonyl (C=O) groups excluding carboxylic acids is 2. The number of allylic oxidation sites excluding steroid dienone is 1. The number of hydrogen-bond acceptors (Lipinski definition) is 4. The van der Waals surface area contributed by atoms with Gasteiger partial charge in [0.25, 0.3) is 0 Å². The van der Waals surface area contributed by atoms with Crippen molar-refractivity contribution in [3.8, 4) is 6.07 Å². The molecule has 2 aromatic carbocycles. The fourth-order valence-corrected chi connectivity index (χ4v) is 5.22. The summed E-state index contributed by atoms with van der Waals surface area (Å²) in [5, 5.41) is 10.4. The van der Waals surface area contributed by atoms with Crippen molar-refractivity contribution in [1.82, 2.24) is 4.90 Å². The lowest BCUT2D eigenvalue weighted by Crippen LogP contribution is -2.51. The van der Waals surface area contributed by atoms with E-state index in [4.69, 9.17) is 27.9 Å². The van der Waals surface area contributed by atoms with Crippen LogP contribution in [0.3, 0.4) is 0 Å². The van der Waals surface area contributed by atoms with Crippen LogP contribution in [0.25, 0.3) is 0 Å². The third kappa shape index (κ3) is 6.90. The number of amides is 1. The number of ether oxygens (including phenoxy) is 1. The molecule has 1 heterocycles. The Bertz CT molecular complexity index is 1150. The smallest absolute Gasteiger partial charge is 0.307 e. The number of piperidine rings is 1. The fraction of sp³-hybridized carbons (Fsp3) is 0.414. The van der Waals surface area contributed by atoms with E-state index in [1.54, 1.807) is 6.08 Å². The maximum absolute atomic E-state index is 14.0. The number of hydrogen-bond donors (Lipinski definition) is 0. The van der Waals surface area contributed by atoms with Gasteiger partial charge in [-0.25, -0.2) is 0 Å². The molecular formula is C29H32Cl2N2O3. The highest BCUT2D eigenvalue weighted by Crippen LogP contribution is 2.47. The predicted molar refractivity (Wildman–Crippen MR) is 143 cm³/mol. The second-order valence-corrected chi connectivity index (χ2v) is 11.0. The van der Waals surface area contributed by atoms with Crippen LogP contribution in [0.2, 0.25) is 10.0 Å². The highest BCUT2D eigenvalue weighted by atomic mass is 35.5. The lowest BCUT2D eigenvalue weighted by Gasteiger charge is -2.47. The fourth-order valence-electron chi connectivity index (χ4n) is 4.89. The zero-order chi connectivity index (χ0) is 26.5. The quantitative estimate of drug-likeness (QED) is 0.281. The summed E-state index contributed by atoms with van der Waals surface area (Å²) in [7, 11) is 0. The number of esters is 1. The van der Waals surface area contributed by atoms with Gasteiger partial charge in [-0.3, -0.25) is 9.59 Å². The number of likely N-dealkylation sites (tertiary alicyclic amines) is 1. The summed E-state index contributed by atoms with van der Waals surface area (Å²) >= 11 is 12.6. The Labute approximate surface area is 223 Å². The molecule has 1 unspecified atom stereocenters. The van der Waals surface area contributed by atoms with Crippen molar-refractivity contribution in [2.75, 3.05) is 0 Å². The standard InChI is InChI=1S/C29H32Cl2N2O3/c1-5-24(10-7-15-32)33-27(19-11-13-22(30)14-12-19)25(20-8-6-9-23(31)16-20)17-21(28(33)35)18-26(34)36-29(2,3)4/h6-14,16,21,24-25,27H,5,17-18H2,1-4H3/t21-,24?,25-,27-/m1/s1. The highest BCUT2D eigenvalue weighted by molar-refractivity contribution is 6.30. The number of halogens is 2. The number of carbonyl (C=O) groups is 2. The van der Waals surface area contributed by atoms with E-state index in [1.807, 2.05) is 87.2 Å². The van der Waals surface area contributed by atoms with Crippen LogP contribution >= 0.6 is 23.2 Å². The summed E-state index contributed by atoms with van der Waals surface area (Å²) in [5.41, 5.74) is 1.26. The van der Waals surface area contributed by atoms with Crippen LogP contribution < -0.4 is 0 Å². The molecule has 0 aromatic heterocycles. The molecule has 1 amide bonds. The lowest BCUT2D eigenvalue weighted by atomic mass is 9.74. The summed E-state index contributed by atoms with van der Waals surface area (Å²) in [6.45, 7) is 7.41. The van der Waals surface area contributed by atoms with Gasteiger partial charge in [0.05, 0.1) is 24.6 Å². The molecule has 0 N–H and O–H groups in total. The first-order valence-electron chi connectivity index (χ1n) is 12.1. The van der Waals surface area contributed by atoms with Crippen molar-refractivity contribution in [2.45, 2.75) is 70.6 Å². The summed E-state index contributed by atoms with van der Waals surface area (Å²) in [6.07, 6.45) is 4.21. The third-order valence-electron chi connectivity index (χ3n) is 6.31. The summed E-state index contributed by atoms with van der Waals surface area (Å²) in [5.74, 6) is -1.25. The van der Waals surface area contributed by atoms with Crippen LogP contribution in [0, 0.1) is 17.2 Å². The summed E-state index contributed by atoms with van der Waals surface area (Å²) < 4.78 is 5.56. The molecule has 1 aliphatic heterocycles. The van der Waals surface area contributed by atoms with E-state index in [9.17, 15) is 14.9 Å². The molecule has 2 aromatic rings. The van der Waals surface area contributed by atoms with Gasteiger partial charge in [-0.1, -0.05) is 60.5 Å². The van der Waals surface area contributed by atoms with Gasteiger partial charge in [0.15, 0.2) is 0 Å². The molecule has 1 saturated heterocycles. The molecule has 1 fully saturated rings. The Morgan fingerprint density at radius 1 is 1.17 bits per heavy atom. The van der Waals surface area contributed by atoms with Gasteiger partial charge in [-0.05, 0) is 69.0 Å². The molecule has 1 aliphatic rings. The maximum Gasteiger partial charge on any atom is 0.307 e. The Balaban J connectivity index is 2.14. The largest absolute Gasteiger partial charge is 0.460 e. The van der Waals surface area contributed by atoms with Crippen LogP contribution in [-0.4, -0.2) is 28.4 Å². The summed E-state index contributed by atoms with van der Waals surface area (Å²) in [4.78, 5) is 28.7. The van der Waals surface area contributed by atoms with E-state index < -0.39 is 17.5 Å². The molecule has 0 radical (unpaired) electrons. The minimum absolute atomic E-state index is 0.0184. The van der Waals surface area contributed by atoms with Crippen LogP contribution in [0.1, 0.15) is 70.0 Å². The average Bonchev–Trinajstić information content (AvgIpc) is 2.81. The predicted octanol–water partition coefficient (Wildman–Crippen LogP) is 7.26. The van der Waals surface area contributed by atoms with Crippen molar-refractivity contribution >= 4 is 35.1 Å². The van der Waals surface area contributed by atoms with Crippen molar-refractivity contribution in [2.24, 2.45) is 5.92 Å². The first kappa shape index (κ1) is 27.8. The molecule has 0 aliphatic carbocycles. The molecule has 0 saturated carbocycles. The van der Waals surface area contributed by atoms with Gasteiger partial charge in [0.2, 0.25) is 5.91 Å². The number of rotatable bonds is 7. The molecule has 190 valence electrons.